The second kappa shape index (κ2) is 4.40. The van der Waals surface area contributed by atoms with Crippen LogP contribution in [0.4, 0.5) is 0 Å². The summed E-state index contributed by atoms with van der Waals surface area (Å²) in [5.74, 6) is -1.24. The van der Waals surface area contributed by atoms with Crippen molar-refractivity contribution in [2.24, 2.45) is 0 Å². The van der Waals surface area contributed by atoms with Gasteiger partial charge in [0, 0.05) is 17.3 Å². The van der Waals surface area contributed by atoms with Crippen molar-refractivity contribution in [3.63, 3.8) is 0 Å². The van der Waals surface area contributed by atoms with Crippen LogP contribution in [0, 0.1) is 11.3 Å². The molecular formula is C13H6ClN3O3. The molecule has 0 aromatic carbocycles. The van der Waals surface area contributed by atoms with Crippen molar-refractivity contribution in [2.45, 2.75) is 0 Å². The lowest BCUT2D eigenvalue weighted by atomic mass is 10.1. The quantitative estimate of drug-likeness (QED) is 0.782. The highest BCUT2D eigenvalue weighted by molar-refractivity contribution is 6.32. The number of fused-ring (bicyclic) bond motifs is 1. The minimum atomic E-state index is -1.24. The Labute approximate surface area is 117 Å². The summed E-state index contributed by atoms with van der Waals surface area (Å²) in [6.45, 7) is 0. The molecule has 3 rings (SSSR count). The van der Waals surface area contributed by atoms with Gasteiger partial charge in [-0.25, -0.2) is 9.78 Å². The van der Waals surface area contributed by atoms with E-state index < -0.39 is 5.97 Å². The Bertz CT molecular complexity index is 859. The zero-order valence-corrected chi connectivity index (χ0v) is 10.6. The van der Waals surface area contributed by atoms with Gasteiger partial charge in [-0.05, 0) is 12.1 Å². The summed E-state index contributed by atoms with van der Waals surface area (Å²) in [7, 11) is 0. The highest BCUT2D eigenvalue weighted by atomic mass is 35.5. The molecule has 3 heterocycles. The topological polar surface area (TPSA) is 91.5 Å². The molecule has 7 heteroatoms. The first kappa shape index (κ1) is 12.3. The molecule has 3 aromatic rings. The third-order valence-electron chi connectivity index (χ3n) is 2.84. The van der Waals surface area contributed by atoms with Gasteiger partial charge < -0.3 is 9.52 Å². The van der Waals surface area contributed by atoms with Gasteiger partial charge in [0.05, 0.1) is 18.1 Å². The molecule has 0 aliphatic heterocycles. The molecule has 0 saturated heterocycles. The normalized spacial score (nSPS) is 10.6. The number of aromatic nitrogens is 2. The Balaban J connectivity index is 2.36. The third-order valence-corrected chi connectivity index (χ3v) is 3.20. The second-order valence-corrected chi connectivity index (χ2v) is 4.37. The van der Waals surface area contributed by atoms with Crippen molar-refractivity contribution in [3.05, 3.63) is 47.3 Å². The molecule has 20 heavy (non-hydrogen) atoms. The number of imidazole rings is 1. The molecule has 3 aromatic heterocycles. The first-order valence-electron chi connectivity index (χ1n) is 5.49. The van der Waals surface area contributed by atoms with Crippen molar-refractivity contribution >= 4 is 23.2 Å². The number of nitrogens with zero attached hydrogens (tertiary/aromatic N) is 3. The predicted molar refractivity (Wildman–Crippen MR) is 69.6 cm³/mol. The van der Waals surface area contributed by atoms with Crippen LogP contribution >= 0.6 is 11.6 Å². The Kier molecular flexibility index (Phi) is 2.70. The molecule has 1 N–H and O–H groups in total. The number of furan rings is 1. The predicted octanol–water partition coefficient (Wildman–Crippen LogP) is 2.82. The minimum absolute atomic E-state index is 0.0469. The number of carboxylic acids is 1. The Morgan fingerprint density at radius 2 is 2.30 bits per heavy atom. The molecule has 6 nitrogen and oxygen atoms in total. The van der Waals surface area contributed by atoms with Crippen LogP contribution in [0.15, 0.2) is 35.3 Å². The molecule has 0 aliphatic rings. The van der Waals surface area contributed by atoms with Crippen LogP contribution in [0.3, 0.4) is 0 Å². The number of nitriles is 1. The van der Waals surface area contributed by atoms with Crippen LogP contribution in [0.1, 0.15) is 16.1 Å². The molecule has 0 unspecified atom stereocenters. The lowest BCUT2D eigenvalue weighted by Gasteiger charge is -2.02. The van der Waals surface area contributed by atoms with Crippen molar-refractivity contribution in [2.75, 3.05) is 0 Å². The number of rotatable bonds is 2. The van der Waals surface area contributed by atoms with Crippen LogP contribution in [0.5, 0.6) is 0 Å². The van der Waals surface area contributed by atoms with Gasteiger partial charge >= 0.3 is 5.97 Å². The van der Waals surface area contributed by atoms with E-state index in [1.807, 2.05) is 6.07 Å². The fourth-order valence-electron chi connectivity index (χ4n) is 1.92. The van der Waals surface area contributed by atoms with Crippen molar-refractivity contribution in [3.8, 4) is 17.2 Å². The van der Waals surface area contributed by atoms with Crippen molar-refractivity contribution in [1.82, 2.24) is 9.38 Å². The Morgan fingerprint density at radius 3 is 2.90 bits per heavy atom. The van der Waals surface area contributed by atoms with Gasteiger partial charge in [0.25, 0.3) is 0 Å². The second-order valence-electron chi connectivity index (χ2n) is 4.02. The molecule has 0 fully saturated rings. The fourth-order valence-corrected chi connectivity index (χ4v) is 2.17. The number of hydrogen-bond acceptors (Lipinski definition) is 4. The summed E-state index contributed by atoms with van der Waals surface area (Å²) >= 11 is 6.00. The van der Waals surface area contributed by atoms with E-state index in [-0.39, 0.29) is 22.1 Å². The first-order chi connectivity index (χ1) is 9.61. The molecule has 0 amide bonds. The van der Waals surface area contributed by atoms with Gasteiger partial charge in [0.2, 0.25) is 0 Å². The molecule has 0 aliphatic carbocycles. The van der Waals surface area contributed by atoms with Crippen LogP contribution in [-0.2, 0) is 0 Å². The summed E-state index contributed by atoms with van der Waals surface area (Å²) in [4.78, 5) is 14.9. The lowest BCUT2D eigenvalue weighted by Crippen LogP contribution is -1.96. The van der Waals surface area contributed by atoms with E-state index in [9.17, 15) is 10.1 Å². The molecular weight excluding hydrogens is 282 g/mol. The number of halogens is 1. The zero-order valence-electron chi connectivity index (χ0n) is 9.87. The SMILES string of the molecule is N#Cc1cc(-c2ccoc2)cn2c(Cl)c(C(=O)O)nc12. The smallest absolute Gasteiger partial charge is 0.357 e. The van der Waals surface area contributed by atoms with Crippen LogP contribution in [0.2, 0.25) is 5.15 Å². The fraction of sp³-hybridized carbons (Fsp3) is 0. The van der Waals surface area contributed by atoms with E-state index in [1.165, 1.54) is 16.9 Å². The third kappa shape index (κ3) is 1.73. The van der Waals surface area contributed by atoms with Crippen molar-refractivity contribution in [1.29, 1.82) is 5.26 Å². The Morgan fingerprint density at radius 1 is 1.50 bits per heavy atom. The van der Waals surface area contributed by atoms with Gasteiger partial charge in [0.1, 0.15) is 11.2 Å². The van der Waals surface area contributed by atoms with E-state index in [0.29, 0.717) is 5.56 Å². The number of carbonyl (C=O) groups is 1. The first-order valence-corrected chi connectivity index (χ1v) is 5.87. The average molecular weight is 288 g/mol. The average Bonchev–Trinajstić information content (AvgIpc) is 3.06. The summed E-state index contributed by atoms with van der Waals surface area (Å²) < 4.78 is 6.37. The van der Waals surface area contributed by atoms with Crippen LogP contribution < -0.4 is 0 Å². The molecule has 0 bridgehead atoms. The molecule has 0 atom stereocenters. The number of aromatic carboxylic acids is 1. The van der Waals surface area contributed by atoms with E-state index in [0.717, 1.165) is 5.56 Å². The van der Waals surface area contributed by atoms with Gasteiger partial charge in [-0.15, -0.1) is 0 Å². The molecule has 0 spiro atoms. The lowest BCUT2D eigenvalue weighted by molar-refractivity contribution is 0.0691. The maximum absolute atomic E-state index is 11.0. The molecule has 0 saturated carbocycles. The summed E-state index contributed by atoms with van der Waals surface area (Å²) in [6.07, 6.45) is 4.64. The minimum Gasteiger partial charge on any atom is -0.476 e. The zero-order chi connectivity index (χ0) is 14.3. The van der Waals surface area contributed by atoms with Crippen molar-refractivity contribution < 1.29 is 14.3 Å². The standard InChI is InChI=1S/C13H6ClN3O3/c14-11-10(13(18)19)16-12-8(4-15)3-9(5-17(11)12)7-1-2-20-6-7/h1-3,5-6H,(H,18,19). The van der Waals surface area contributed by atoms with E-state index in [2.05, 4.69) is 4.98 Å². The van der Waals surface area contributed by atoms with Gasteiger partial charge in [-0.2, -0.15) is 5.26 Å². The van der Waals surface area contributed by atoms with Crippen LogP contribution in [0.25, 0.3) is 16.8 Å². The van der Waals surface area contributed by atoms with E-state index >= 15 is 0 Å². The molecule has 98 valence electrons. The van der Waals surface area contributed by atoms with Gasteiger partial charge in [0.15, 0.2) is 11.3 Å². The van der Waals surface area contributed by atoms with E-state index in [4.69, 9.17) is 21.1 Å². The highest BCUT2D eigenvalue weighted by Gasteiger charge is 2.19. The maximum Gasteiger partial charge on any atom is 0.357 e. The number of carboxylic acid groups (broad SMARTS) is 1. The number of pyridine rings is 1. The van der Waals surface area contributed by atoms with Gasteiger partial charge in [-0.1, -0.05) is 11.6 Å². The van der Waals surface area contributed by atoms with E-state index in [1.54, 1.807) is 18.3 Å². The monoisotopic (exact) mass is 287 g/mol. The van der Waals surface area contributed by atoms with Gasteiger partial charge in [-0.3, -0.25) is 4.40 Å². The summed E-state index contributed by atoms with van der Waals surface area (Å²) in [5, 5.41) is 18.2. The maximum atomic E-state index is 11.0. The molecule has 0 radical (unpaired) electrons. The van der Waals surface area contributed by atoms with Crippen LogP contribution in [-0.4, -0.2) is 20.5 Å². The largest absolute Gasteiger partial charge is 0.476 e. The summed E-state index contributed by atoms with van der Waals surface area (Å²) in [6, 6.07) is 5.32. The number of hydrogen-bond donors (Lipinski definition) is 1. The Hall–Kier alpha value is -2.78. The summed E-state index contributed by atoms with van der Waals surface area (Å²) in [5.41, 5.74) is 1.59. The highest BCUT2D eigenvalue weighted by Crippen LogP contribution is 2.27.